The Balaban J connectivity index is 1.82. The van der Waals surface area contributed by atoms with Crippen molar-refractivity contribution in [3.8, 4) is 5.75 Å². The Hall–Kier alpha value is -1.76. The van der Waals surface area contributed by atoms with Gasteiger partial charge in [-0.1, -0.05) is 23.7 Å². The second kappa shape index (κ2) is 8.31. The van der Waals surface area contributed by atoms with Crippen LogP contribution in [0.5, 0.6) is 5.75 Å². The summed E-state index contributed by atoms with van der Waals surface area (Å²) in [6.07, 6.45) is 0. The molecule has 1 aliphatic heterocycles. The normalized spacial score (nSPS) is 15.7. The van der Waals surface area contributed by atoms with Crippen molar-refractivity contribution < 1.29 is 13.2 Å². The zero-order valence-corrected chi connectivity index (χ0v) is 18.4. The summed E-state index contributed by atoms with van der Waals surface area (Å²) >= 11 is 6.24. The maximum atomic E-state index is 13.3. The van der Waals surface area contributed by atoms with Crippen molar-refractivity contribution in [2.75, 3.05) is 37.7 Å². The molecule has 0 saturated carbocycles. The van der Waals surface area contributed by atoms with Crippen LogP contribution in [0.15, 0.2) is 35.2 Å². The van der Waals surface area contributed by atoms with Gasteiger partial charge < -0.3 is 9.64 Å². The first-order chi connectivity index (χ1) is 13.3. The average Bonchev–Trinajstić information content (AvgIpc) is 2.66. The number of nitrogens with zero attached hydrogens (tertiary/aromatic N) is 2. The van der Waals surface area contributed by atoms with Gasteiger partial charge in [0.25, 0.3) is 0 Å². The third-order valence-electron chi connectivity index (χ3n) is 5.21. The van der Waals surface area contributed by atoms with Gasteiger partial charge in [-0.3, -0.25) is 0 Å². The van der Waals surface area contributed by atoms with Crippen LogP contribution in [-0.2, 0) is 10.0 Å². The second-order valence-electron chi connectivity index (χ2n) is 7.09. The smallest absolute Gasteiger partial charge is 0.243 e. The van der Waals surface area contributed by atoms with Crippen molar-refractivity contribution in [2.24, 2.45) is 0 Å². The molecule has 0 unspecified atom stereocenters. The summed E-state index contributed by atoms with van der Waals surface area (Å²) in [4.78, 5) is 2.52. The quantitative estimate of drug-likeness (QED) is 0.725. The fraction of sp³-hybridized carbons (Fsp3) is 0.429. The summed E-state index contributed by atoms with van der Waals surface area (Å²) in [6.45, 7) is 10.3. The van der Waals surface area contributed by atoms with Crippen LogP contribution in [0.25, 0.3) is 0 Å². The SMILES string of the molecule is CCOc1cc(S(=O)(=O)N2CCN(c3cccc(Cl)c3C)CC2)c(C)cc1C. The number of rotatable bonds is 5. The third-order valence-corrected chi connectivity index (χ3v) is 7.66. The van der Waals surface area contributed by atoms with E-state index in [0.29, 0.717) is 43.4 Å². The fourth-order valence-electron chi connectivity index (χ4n) is 3.65. The third kappa shape index (κ3) is 4.00. The summed E-state index contributed by atoms with van der Waals surface area (Å²) in [5, 5.41) is 0.728. The molecule has 0 amide bonds. The Morgan fingerprint density at radius 1 is 1.04 bits per heavy atom. The van der Waals surface area contributed by atoms with E-state index in [1.807, 2.05) is 52.0 Å². The van der Waals surface area contributed by atoms with Crippen LogP contribution in [0.1, 0.15) is 23.6 Å². The van der Waals surface area contributed by atoms with Crippen LogP contribution >= 0.6 is 11.6 Å². The molecule has 0 bridgehead atoms. The largest absolute Gasteiger partial charge is 0.494 e. The van der Waals surface area contributed by atoms with Gasteiger partial charge in [-0.15, -0.1) is 0 Å². The molecule has 0 aromatic heterocycles. The lowest BCUT2D eigenvalue weighted by atomic mass is 10.1. The molecule has 0 spiro atoms. The maximum absolute atomic E-state index is 13.3. The summed E-state index contributed by atoms with van der Waals surface area (Å²) < 4.78 is 33.7. The summed E-state index contributed by atoms with van der Waals surface area (Å²) in [6, 6.07) is 9.38. The predicted octanol–water partition coefficient (Wildman–Crippen LogP) is 4.17. The van der Waals surface area contributed by atoms with Crippen LogP contribution in [0.2, 0.25) is 5.02 Å². The summed E-state index contributed by atoms with van der Waals surface area (Å²) in [5.41, 5.74) is 3.78. The molecule has 0 aliphatic carbocycles. The molecule has 0 atom stereocenters. The van der Waals surface area contributed by atoms with E-state index >= 15 is 0 Å². The van der Waals surface area contributed by atoms with Gasteiger partial charge in [-0.05, 0) is 56.5 Å². The number of hydrogen-bond donors (Lipinski definition) is 0. The standard InChI is InChI=1S/C21H27ClN2O3S/c1-5-27-20-14-21(16(3)13-15(20)2)28(25,26)24-11-9-23(10-12-24)19-8-6-7-18(22)17(19)4/h6-8,13-14H,5,9-12H2,1-4H3. The zero-order valence-electron chi connectivity index (χ0n) is 16.8. The first kappa shape index (κ1) is 21.0. The minimum absolute atomic E-state index is 0.328. The minimum Gasteiger partial charge on any atom is -0.494 e. The number of anilines is 1. The number of piperazine rings is 1. The fourth-order valence-corrected chi connectivity index (χ4v) is 5.46. The van der Waals surface area contributed by atoms with Gasteiger partial charge >= 0.3 is 0 Å². The number of halogens is 1. The van der Waals surface area contributed by atoms with Gasteiger partial charge in [0.2, 0.25) is 10.0 Å². The van der Waals surface area contributed by atoms with Crippen molar-refractivity contribution >= 4 is 27.3 Å². The zero-order chi connectivity index (χ0) is 20.5. The first-order valence-electron chi connectivity index (χ1n) is 9.50. The molecule has 5 nitrogen and oxygen atoms in total. The van der Waals surface area contributed by atoms with E-state index in [4.69, 9.17) is 16.3 Å². The number of aryl methyl sites for hydroxylation is 2. The van der Waals surface area contributed by atoms with E-state index in [9.17, 15) is 8.42 Å². The van der Waals surface area contributed by atoms with Crippen molar-refractivity contribution in [1.29, 1.82) is 0 Å². The molecular weight excluding hydrogens is 396 g/mol. The number of hydrogen-bond acceptors (Lipinski definition) is 4. The number of benzene rings is 2. The van der Waals surface area contributed by atoms with Crippen LogP contribution in [-0.4, -0.2) is 45.5 Å². The van der Waals surface area contributed by atoms with E-state index in [1.54, 1.807) is 10.4 Å². The molecule has 7 heteroatoms. The molecule has 2 aromatic carbocycles. The summed E-state index contributed by atoms with van der Waals surface area (Å²) in [7, 11) is -3.57. The molecule has 2 aromatic rings. The second-order valence-corrected chi connectivity index (χ2v) is 9.40. The Labute approximate surface area is 172 Å². The minimum atomic E-state index is -3.57. The molecule has 3 rings (SSSR count). The van der Waals surface area contributed by atoms with Crippen molar-refractivity contribution in [2.45, 2.75) is 32.6 Å². The number of ether oxygens (including phenoxy) is 1. The monoisotopic (exact) mass is 422 g/mol. The molecule has 1 fully saturated rings. The predicted molar refractivity (Wildman–Crippen MR) is 114 cm³/mol. The Bertz CT molecular complexity index is 968. The topological polar surface area (TPSA) is 49.9 Å². The highest BCUT2D eigenvalue weighted by atomic mass is 35.5. The lowest BCUT2D eigenvalue weighted by Crippen LogP contribution is -2.49. The highest BCUT2D eigenvalue weighted by Crippen LogP contribution is 2.31. The Morgan fingerprint density at radius 2 is 1.71 bits per heavy atom. The van der Waals surface area contributed by atoms with Crippen LogP contribution in [0.4, 0.5) is 5.69 Å². The average molecular weight is 423 g/mol. The highest BCUT2D eigenvalue weighted by Gasteiger charge is 2.30. The lowest BCUT2D eigenvalue weighted by molar-refractivity contribution is 0.336. The summed E-state index contributed by atoms with van der Waals surface area (Å²) in [5.74, 6) is 0.625. The van der Waals surface area contributed by atoms with E-state index < -0.39 is 10.0 Å². The van der Waals surface area contributed by atoms with E-state index in [-0.39, 0.29) is 0 Å². The molecule has 0 N–H and O–H groups in total. The molecule has 1 heterocycles. The molecule has 28 heavy (non-hydrogen) atoms. The van der Waals surface area contributed by atoms with Crippen LogP contribution < -0.4 is 9.64 Å². The Kier molecular flexibility index (Phi) is 6.22. The molecule has 1 aliphatic rings. The number of sulfonamides is 1. The van der Waals surface area contributed by atoms with Gasteiger partial charge in [0, 0.05) is 43.0 Å². The van der Waals surface area contributed by atoms with Gasteiger partial charge in [0.1, 0.15) is 5.75 Å². The lowest BCUT2D eigenvalue weighted by Gasteiger charge is -2.36. The molecule has 1 saturated heterocycles. The van der Waals surface area contributed by atoms with Crippen LogP contribution in [0.3, 0.4) is 0 Å². The van der Waals surface area contributed by atoms with Crippen molar-refractivity contribution in [3.05, 3.63) is 52.0 Å². The van der Waals surface area contributed by atoms with Gasteiger partial charge in [-0.25, -0.2) is 8.42 Å². The van der Waals surface area contributed by atoms with Gasteiger partial charge in [0.05, 0.1) is 11.5 Å². The molecule has 0 radical (unpaired) electrons. The van der Waals surface area contributed by atoms with E-state index in [0.717, 1.165) is 27.4 Å². The highest BCUT2D eigenvalue weighted by molar-refractivity contribution is 7.89. The van der Waals surface area contributed by atoms with Crippen LogP contribution in [0, 0.1) is 20.8 Å². The van der Waals surface area contributed by atoms with Gasteiger partial charge in [-0.2, -0.15) is 4.31 Å². The van der Waals surface area contributed by atoms with Gasteiger partial charge in [0.15, 0.2) is 0 Å². The molecule has 152 valence electrons. The molecular formula is C21H27ClN2O3S. The Morgan fingerprint density at radius 3 is 2.36 bits per heavy atom. The first-order valence-corrected chi connectivity index (χ1v) is 11.3. The van der Waals surface area contributed by atoms with E-state index in [2.05, 4.69) is 4.90 Å². The van der Waals surface area contributed by atoms with E-state index in [1.165, 1.54) is 0 Å². The van der Waals surface area contributed by atoms with Crippen molar-refractivity contribution in [3.63, 3.8) is 0 Å². The van der Waals surface area contributed by atoms with Crippen molar-refractivity contribution in [1.82, 2.24) is 4.31 Å². The maximum Gasteiger partial charge on any atom is 0.243 e.